The summed E-state index contributed by atoms with van der Waals surface area (Å²) < 4.78 is 0. The molecule has 0 heterocycles. The smallest absolute Gasteiger partial charge is 0.0460 e. The summed E-state index contributed by atoms with van der Waals surface area (Å²) in [5.41, 5.74) is 1.31. The van der Waals surface area contributed by atoms with Crippen LogP contribution in [0.4, 0.5) is 0 Å². The molecule has 1 atom stereocenters. The van der Waals surface area contributed by atoms with E-state index in [1.165, 1.54) is 5.56 Å². The normalized spacial score (nSPS) is 12.7. The lowest BCUT2D eigenvalue weighted by Gasteiger charge is -2.09. The van der Waals surface area contributed by atoms with Gasteiger partial charge in [-0.05, 0) is 12.0 Å². The second-order valence-corrected chi connectivity index (χ2v) is 4.12. The molecule has 0 fully saturated rings. The van der Waals surface area contributed by atoms with Gasteiger partial charge in [-0.1, -0.05) is 43.7 Å². The van der Waals surface area contributed by atoms with E-state index < -0.39 is 0 Å². The van der Waals surface area contributed by atoms with Crippen molar-refractivity contribution < 1.29 is 0 Å². The molecule has 1 aromatic rings. The van der Waals surface area contributed by atoms with Crippen LogP contribution in [0.2, 0.25) is 0 Å². The van der Waals surface area contributed by atoms with Crippen LogP contribution in [0.5, 0.6) is 0 Å². The fourth-order valence-electron chi connectivity index (χ4n) is 1.38. The van der Waals surface area contributed by atoms with Gasteiger partial charge in [-0.15, -0.1) is 11.6 Å². The molecule has 0 aliphatic carbocycles. The molecule has 1 nitrogen and oxygen atoms in total. The maximum absolute atomic E-state index is 6.08. The average molecular weight is 212 g/mol. The number of nitrogens with one attached hydrogen (secondary N) is 1. The highest BCUT2D eigenvalue weighted by Crippen LogP contribution is 2.04. The van der Waals surface area contributed by atoms with Crippen LogP contribution in [-0.2, 0) is 6.54 Å². The van der Waals surface area contributed by atoms with Crippen molar-refractivity contribution in [3.63, 3.8) is 0 Å². The van der Waals surface area contributed by atoms with Crippen molar-refractivity contribution in [3.05, 3.63) is 35.9 Å². The molecule has 1 rings (SSSR count). The molecular weight excluding hydrogens is 194 g/mol. The molecule has 1 aromatic carbocycles. The summed E-state index contributed by atoms with van der Waals surface area (Å²) in [5, 5.41) is 3.62. The molecule has 1 N–H and O–H groups in total. The van der Waals surface area contributed by atoms with Gasteiger partial charge in [-0.2, -0.15) is 0 Å². The highest BCUT2D eigenvalue weighted by Gasteiger charge is 2.01. The van der Waals surface area contributed by atoms with Crippen molar-refractivity contribution in [2.24, 2.45) is 0 Å². The van der Waals surface area contributed by atoms with Crippen LogP contribution in [-0.4, -0.2) is 11.9 Å². The van der Waals surface area contributed by atoms with Gasteiger partial charge >= 0.3 is 0 Å². The van der Waals surface area contributed by atoms with E-state index in [9.17, 15) is 0 Å². The lowest BCUT2D eigenvalue weighted by atomic mass is 10.2. The number of benzene rings is 1. The van der Waals surface area contributed by atoms with Crippen LogP contribution in [0.25, 0.3) is 0 Å². The second kappa shape index (κ2) is 6.86. The molecular formula is C12H18ClN. The molecule has 0 aliphatic heterocycles. The Bertz CT molecular complexity index is 235. The Morgan fingerprint density at radius 1 is 1.29 bits per heavy atom. The first kappa shape index (κ1) is 11.5. The van der Waals surface area contributed by atoms with Crippen LogP contribution in [0, 0.1) is 0 Å². The lowest BCUT2D eigenvalue weighted by molar-refractivity contribution is 0.623. The van der Waals surface area contributed by atoms with Crippen LogP contribution >= 0.6 is 11.6 Å². The van der Waals surface area contributed by atoms with E-state index in [2.05, 4.69) is 36.5 Å². The Morgan fingerprint density at radius 3 is 2.64 bits per heavy atom. The SMILES string of the molecule is CCCC(Cl)CNCc1ccccc1. The van der Waals surface area contributed by atoms with Crippen LogP contribution in [0.3, 0.4) is 0 Å². The topological polar surface area (TPSA) is 12.0 Å². The van der Waals surface area contributed by atoms with Crippen molar-refractivity contribution in [2.45, 2.75) is 31.7 Å². The summed E-state index contributed by atoms with van der Waals surface area (Å²) in [6.07, 6.45) is 2.24. The Kier molecular flexibility index (Phi) is 5.65. The van der Waals surface area contributed by atoms with E-state index in [0.29, 0.717) is 0 Å². The molecule has 0 aliphatic rings. The molecule has 1 unspecified atom stereocenters. The lowest BCUT2D eigenvalue weighted by Crippen LogP contribution is -2.22. The Morgan fingerprint density at radius 2 is 2.00 bits per heavy atom. The van der Waals surface area contributed by atoms with E-state index in [1.807, 2.05) is 6.07 Å². The van der Waals surface area contributed by atoms with Gasteiger partial charge < -0.3 is 5.32 Å². The summed E-state index contributed by atoms with van der Waals surface area (Å²) in [6, 6.07) is 10.4. The summed E-state index contributed by atoms with van der Waals surface area (Å²) in [5.74, 6) is 0. The fraction of sp³-hybridized carbons (Fsp3) is 0.500. The van der Waals surface area contributed by atoms with Gasteiger partial charge in [0.2, 0.25) is 0 Å². The summed E-state index contributed by atoms with van der Waals surface area (Å²) in [4.78, 5) is 0. The Hall–Kier alpha value is -0.530. The first-order valence-corrected chi connectivity index (χ1v) is 5.65. The number of rotatable bonds is 6. The first-order chi connectivity index (χ1) is 6.83. The molecule has 14 heavy (non-hydrogen) atoms. The van der Waals surface area contributed by atoms with E-state index in [1.54, 1.807) is 0 Å². The summed E-state index contributed by atoms with van der Waals surface area (Å²) >= 11 is 6.08. The third-order valence-electron chi connectivity index (χ3n) is 2.14. The van der Waals surface area contributed by atoms with Gasteiger partial charge in [-0.3, -0.25) is 0 Å². The van der Waals surface area contributed by atoms with E-state index in [0.717, 1.165) is 25.9 Å². The highest BCUT2D eigenvalue weighted by atomic mass is 35.5. The molecule has 0 saturated carbocycles. The minimum absolute atomic E-state index is 0.267. The van der Waals surface area contributed by atoms with Crippen molar-refractivity contribution in [2.75, 3.05) is 6.54 Å². The van der Waals surface area contributed by atoms with Crippen molar-refractivity contribution in [3.8, 4) is 0 Å². The van der Waals surface area contributed by atoms with Crippen molar-refractivity contribution >= 4 is 11.6 Å². The van der Waals surface area contributed by atoms with Crippen molar-refractivity contribution in [1.82, 2.24) is 5.32 Å². The second-order valence-electron chi connectivity index (χ2n) is 3.50. The molecule has 0 spiro atoms. The van der Waals surface area contributed by atoms with E-state index in [4.69, 9.17) is 11.6 Å². The van der Waals surface area contributed by atoms with E-state index in [-0.39, 0.29) is 5.38 Å². The van der Waals surface area contributed by atoms with Crippen molar-refractivity contribution in [1.29, 1.82) is 0 Å². The van der Waals surface area contributed by atoms with Gasteiger partial charge in [0.1, 0.15) is 0 Å². The number of hydrogen-bond acceptors (Lipinski definition) is 1. The number of halogens is 1. The minimum Gasteiger partial charge on any atom is -0.311 e. The molecule has 2 heteroatoms. The standard InChI is InChI=1S/C12H18ClN/c1-2-6-12(13)10-14-9-11-7-4-3-5-8-11/h3-5,7-8,12,14H,2,6,9-10H2,1H3. The highest BCUT2D eigenvalue weighted by molar-refractivity contribution is 6.20. The fourth-order valence-corrected chi connectivity index (χ4v) is 1.71. The van der Waals surface area contributed by atoms with Crippen LogP contribution in [0.1, 0.15) is 25.3 Å². The average Bonchev–Trinajstić information content (AvgIpc) is 2.20. The zero-order valence-corrected chi connectivity index (χ0v) is 9.43. The maximum Gasteiger partial charge on any atom is 0.0460 e. The predicted octanol–water partition coefficient (Wildman–Crippen LogP) is 3.18. The summed E-state index contributed by atoms with van der Waals surface area (Å²) in [7, 11) is 0. The van der Waals surface area contributed by atoms with Crippen LogP contribution in [0.15, 0.2) is 30.3 Å². The van der Waals surface area contributed by atoms with Gasteiger partial charge in [0.15, 0.2) is 0 Å². The zero-order valence-electron chi connectivity index (χ0n) is 8.67. The molecule has 0 saturated heterocycles. The molecule has 0 bridgehead atoms. The minimum atomic E-state index is 0.267. The number of hydrogen-bond donors (Lipinski definition) is 1. The van der Waals surface area contributed by atoms with Gasteiger partial charge in [0, 0.05) is 18.5 Å². The van der Waals surface area contributed by atoms with Gasteiger partial charge in [0.25, 0.3) is 0 Å². The Balaban J connectivity index is 2.16. The third kappa shape index (κ3) is 4.64. The third-order valence-corrected chi connectivity index (χ3v) is 2.51. The zero-order chi connectivity index (χ0) is 10.2. The number of alkyl halides is 1. The predicted molar refractivity (Wildman–Crippen MR) is 62.7 cm³/mol. The van der Waals surface area contributed by atoms with E-state index >= 15 is 0 Å². The summed E-state index contributed by atoms with van der Waals surface area (Å²) in [6.45, 7) is 3.96. The molecule has 78 valence electrons. The van der Waals surface area contributed by atoms with Gasteiger partial charge in [0.05, 0.1) is 0 Å². The molecule has 0 amide bonds. The maximum atomic E-state index is 6.08. The van der Waals surface area contributed by atoms with Gasteiger partial charge in [-0.25, -0.2) is 0 Å². The molecule has 0 aromatic heterocycles. The quantitative estimate of drug-likeness (QED) is 0.713. The first-order valence-electron chi connectivity index (χ1n) is 5.21. The monoisotopic (exact) mass is 211 g/mol. The Labute approximate surface area is 91.5 Å². The largest absolute Gasteiger partial charge is 0.311 e. The molecule has 0 radical (unpaired) electrons. The van der Waals surface area contributed by atoms with Crippen LogP contribution < -0.4 is 5.32 Å².